The quantitative estimate of drug-likeness (QED) is 0.457. The molecule has 0 amide bonds. The Hall–Kier alpha value is -2.25. The molecule has 0 aliphatic carbocycles. The molecule has 2 aromatic rings. The molecule has 0 aromatic heterocycles. The molecule has 0 radical (unpaired) electrons. The van der Waals surface area contributed by atoms with Crippen LogP contribution in [0, 0.1) is 5.92 Å². The molecule has 8 heteroatoms. The smallest absolute Gasteiger partial charge is 0.414 e. The van der Waals surface area contributed by atoms with Gasteiger partial charge in [-0.15, -0.1) is 0 Å². The lowest BCUT2D eigenvalue weighted by atomic mass is 9.97. The minimum absolute atomic E-state index is 0.0553. The lowest BCUT2D eigenvalue weighted by Crippen LogP contribution is -2.42. The number of rotatable bonds is 5. The van der Waals surface area contributed by atoms with Gasteiger partial charge < -0.3 is 4.74 Å². The standard InChI is InChI=1S/C23H25ClF3N3O/c24-21-20(23(25,26)27)28-22(30(21)19-9-5-2-6-10-19)31-16-18-11-13-29(14-12-18)15-17-7-3-1-4-8-17/h1-10,18,20-21H,11-16H2. The van der Waals surface area contributed by atoms with Crippen LogP contribution in [0.3, 0.4) is 0 Å². The average molecular weight is 452 g/mol. The molecular weight excluding hydrogens is 427 g/mol. The van der Waals surface area contributed by atoms with E-state index < -0.39 is 17.7 Å². The zero-order valence-electron chi connectivity index (χ0n) is 17.0. The third-order valence-corrected chi connectivity index (χ3v) is 6.17. The Morgan fingerprint density at radius 1 is 0.968 bits per heavy atom. The minimum atomic E-state index is -4.53. The molecule has 2 atom stereocenters. The molecule has 0 spiro atoms. The number of aliphatic imine (C=N–C) groups is 1. The van der Waals surface area contributed by atoms with Crippen molar-refractivity contribution < 1.29 is 17.9 Å². The number of alkyl halides is 4. The predicted octanol–water partition coefficient (Wildman–Crippen LogP) is 5.29. The van der Waals surface area contributed by atoms with Gasteiger partial charge in [-0.3, -0.25) is 9.80 Å². The van der Waals surface area contributed by atoms with Crippen molar-refractivity contribution in [3.63, 3.8) is 0 Å². The molecule has 2 aliphatic heterocycles. The van der Waals surface area contributed by atoms with Crippen molar-refractivity contribution in [1.82, 2.24) is 4.90 Å². The first-order valence-electron chi connectivity index (χ1n) is 10.4. The molecule has 0 N–H and O–H groups in total. The van der Waals surface area contributed by atoms with Crippen LogP contribution in [0.2, 0.25) is 0 Å². The van der Waals surface area contributed by atoms with E-state index in [0.29, 0.717) is 12.3 Å². The van der Waals surface area contributed by atoms with E-state index in [-0.39, 0.29) is 11.9 Å². The highest BCUT2D eigenvalue weighted by molar-refractivity contribution is 6.25. The number of anilines is 1. The van der Waals surface area contributed by atoms with Gasteiger partial charge >= 0.3 is 6.18 Å². The van der Waals surface area contributed by atoms with E-state index in [1.807, 2.05) is 18.2 Å². The number of para-hydroxylation sites is 1. The number of benzene rings is 2. The van der Waals surface area contributed by atoms with Gasteiger partial charge in [0.15, 0.2) is 6.04 Å². The largest absolute Gasteiger partial charge is 0.465 e. The number of likely N-dealkylation sites (tertiary alicyclic amines) is 1. The number of hydrogen-bond donors (Lipinski definition) is 0. The van der Waals surface area contributed by atoms with Crippen LogP contribution in [0.5, 0.6) is 0 Å². The molecule has 2 aliphatic rings. The fourth-order valence-electron chi connectivity index (χ4n) is 4.01. The zero-order chi connectivity index (χ0) is 21.8. The van der Waals surface area contributed by atoms with E-state index in [1.54, 1.807) is 30.3 Å². The molecule has 4 nitrogen and oxygen atoms in total. The van der Waals surface area contributed by atoms with Crippen LogP contribution < -0.4 is 4.90 Å². The van der Waals surface area contributed by atoms with Crippen LogP contribution in [0.1, 0.15) is 18.4 Å². The second-order valence-corrected chi connectivity index (χ2v) is 8.44. The molecule has 1 saturated heterocycles. The molecule has 31 heavy (non-hydrogen) atoms. The van der Waals surface area contributed by atoms with Gasteiger partial charge in [0.25, 0.3) is 6.02 Å². The molecule has 166 valence electrons. The Morgan fingerprint density at radius 2 is 1.58 bits per heavy atom. The summed E-state index contributed by atoms with van der Waals surface area (Å²) >= 11 is 6.18. The fraction of sp³-hybridized carbons (Fsp3) is 0.435. The monoisotopic (exact) mass is 451 g/mol. The van der Waals surface area contributed by atoms with Gasteiger partial charge in [0.1, 0.15) is 5.50 Å². The van der Waals surface area contributed by atoms with Crippen molar-refractivity contribution in [3.05, 3.63) is 66.2 Å². The highest BCUT2D eigenvalue weighted by Gasteiger charge is 2.52. The Morgan fingerprint density at radius 3 is 2.19 bits per heavy atom. The summed E-state index contributed by atoms with van der Waals surface area (Å²) in [6.45, 7) is 3.10. The fourth-order valence-corrected chi connectivity index (χ4v) is 4.41. The first-order valence-corrected chi connectivity index (χ1v) is 10.9. The van der Waals surface area contributed by atoms with Gasteiger partial charge in [0.05, 0.1) is 6.61 Å². The summed E-state index contributed by atoms with van der Waals surface area (Å²) in [5.41, 5.74) is 0.443. The maximum absolute atomic E-state index is 13.4. The van der Waals surface area contributed by atoms with Crippen molar-refractivity contribution in [1.29, 1.82) is 0 Å². The average Bonchev–Trinajstić information content (AvgIpc) is 3.11. The molecule has 1 fully saturated rings. The number of ether oxygens (including phenoxy) is 1. The van der Waals surface area contributed by atoms with Crippen LogP contribution >= 0.6 is 11.6 Å². The van der Waals surface area contributed by atoms with Crippen LogP contribution in [0.4, 0.5) is 18.9 Å². The van der Waals surface area contributed by atoms with E-state index in [0.717, 1.165) is 32.5 Å². The molecular formula is C23H25ClF3N3O. The number of piperidine rings is 1. The van der Waals surface area contributed by atoms with E-state index in [4.69, 9.17) is 16.3 Å². The summed E-state index contributed by atoms with van der Waals surface area (Å²) in [6, 6.07) is 16.9. The summed E-state index contributed by atoms with van der Waals surface area (Å²) in [4.78, 5) is 7.54. The topological polar surface area (TPSA) is 28.1 Å². The maximum Gasteiger partial charge on any atom is 0.414 e. The first-order chi connectivity index (χ1) is 14.9. The van der Waals surface area contributed by atoms with E-state index >= 15 is 0 Å². The third-order valence-electron chi connectivity index (χ3n) is 5.74. The highest BCUT2D eigenvalue weighted by atomic mass is 35.5. The van der Waals surface area contributed by atoms with Crippen LogP contribution in [-0.2, 0) is 11.3 Å². The summed E-state index contributed by atoms with van der Waals surface area (Å²) in [5.74, 6) is 0.269. The van der Waals surface area contributed by atoms with Crippen LogP contribution in [0.25, 0.3) is 0 Å². The van der Waals surface area contributed by atoms with E-state index in [1.165, 1.54) is 10.5 Å². The molecule has 4 rings (SSSR count). The minimum Gasteiger partial charge on any atom is -0.465 e. The second-order valence-electron chi connectivity index (χ2n) is 7.99. The van der Waals surface area contributed by atoms with Crippen molar-refractivity contribution >= 4 is 23.3 Å². The van der Waals surface area contributed by atoms with Crippen molar-refractivity contribution in [2.45, 2.75) is 37.1 Å². The summed E-state index contributed by atoms with van der Waals surface area (Å²) < 4.78 is 46.1. The number of nitrogens with zero attached hydrogens (tertiary/aromatic N) is 3. The third kappa shape index (κ3) is 5.33. The number of hydrogen-bond acceptors (Lipinski definition) is 4. The highest BCUT2D eigenvalue weighted by Crippen LogP contribution is 2.37. The second kappa shape index (κ2) is 9.49. The van der Waals surface area contributed by atoms with Crippen molar-refractivity contribution in [2.75, 3.05) is 24.6 Å². The van der Waals surface area contributed by atoms with Gasteiger partial charge in [0.2, 0.25) is 0 Å². The number of amidine groups is 1. The van der Waals surface area contributed by atoms with Gasteiger partial charge in [-0.25, -0.2) is 4.99 Å². The molecule has 0 bridgehead atoms. The lowest BCUT2D eigenvalue weighted by Gasteiger charge is -2.32. The van der Waals surface area contributed by atoms with Crippen LogP contribution in [0.15, 0.2) is 65.7 Å². The van der Waals surface area contributed by atoms with Crippen LogP contribution in [-0.4, -0.2) is 48.3 Å². The SMILES string of the molecule is FC(F)(F)C1N=C(OCC2CCN(Cc3ccccc3)CC2)N(c2ccccc2)C1Cl. The van der Waals surface area contributed by atoms with E-state index in [9.17, 15) is 13.2 Å². The Bertz CT molecular complexity index is 871. The predicted molar refractivity (Wildman–Crippen MR) is 116 cm³/mol. The summed E-state index contributed by atoms with van der Waals surface area (Å²) in [5, 5.41) is 0. The molecule has 2 heterocycles. The summed E-state index contributed by atoms with van der Waals surface area (Å²) in [6.07, 6.45) is -2.68. The van der Waals surface area contributed by atoms with Gasteiger partial charge in [-0.05, 0) is 49.5 Å². The molecule has 2 aromatic carbocycles. The Balaban J connectivity index is 1.36. The van der Waals surface area contributed by atoms with E-state index in [2.05, 4.69) is 22.0 Å². The number of halogens is 4. The van der Waals surface area contributed by atoms with Crippen molar-refractivity contribution in [3.8, 4) is 0 Å². The Kier molecular flexibility index (Phi) is 6.72. The normalized spacial score (nSPS) is 23.1. The van der Waals surface area contributed by atoms with Gasteiger partial charge in [-0.2, -0.15) is 13.2 Å². The summed E-state index contributed by atoms with van der Waals surface area (Å²) in [7, 11) is 0. The van der Waals surface area contributed by atoms with Crippen molar-refractivity contribution in [2.24, 2.45) is 10.9 Å². The van der Waals surface area contributed by atoms with Gasteiger partial charge in [-0.1, -0.05) is 60.1 Å². The van der Waals surface area contributed by atoms with Gasteiger partial charge in [0, 0.05) is 12.2 Å². The lowest BCUT2D eigenvalue weighted by molar-refractivity contribution is -0.145. The maximum atomic E-state index is 13.4. The molecule has 2 unspecified atom stereocenters. The molecule has 0 saturated carbocycles. The Labute approximate surface area is 185 Å². The zero-order valence-corrected chi connectivity index (χ0v) is 17.8. The first kappa shape index (κ1) is 22.0.